The fraction of sp³-hybridized carbons (Fsp3) is 0.357. The molecule has 2 nitrogen and oxygen atoms in total. The van der Waals surface area contributed by atoms with Gasteiger partial charge in [0.1, 0.15) is 5.82 Å². The largest absolute Gasteiger partial charge is 0.367 e. The highest BCUT2D eigenvalue weighted by Crippen LogP contribution is 2.16. The third kappa shape index (κ3) is 3.10. The molecule has 1 heterocycles. The quantitative estimate of drug-likeness (QED) is 0.808. The van der Waals surface area contributed by atoms with Gasteiger partial charge in [-0.05, 0) is 31.0 Å². The summed E-state index contributed by atoms with van der Waals surface area (Å²) in [4.78, 5) is 4.59. The lowest BCUT2D eigenvalue weighted by molar-refractivity contribution is 0.672. The molecule has 1 atom stereocenters. The average Bonchev–Trinajstić information content (AvgIpc) is 2.38. The van der Waals surface area contributed by atoms with E-state index in [9.17, 15) is 0 Å². The van der Waals surface area contributed by atoms with Gasteiger partial charge in [-0.25, -0.2) is 4.98 Å². The summed E-state index contributed by atoms with van der Waals surface area (Å²) in [5.41, 5.74) is 1.03. The molecule has 2 rings (SSSR count). The maximum Gasteiger partial charge on any atom is 0.126 e. The molecule has 0 aliphatic carbocycles. The zero-order valence-corrected chi connectivity index (χ0v) is 10.7. The van der Waals surface area contributed by atoms with Crippen molar-refractivity contribution in [1.29, 1.82) is 0 Å². The molecule has 0 amide bonds. The molecule has 17 heavy (non-hydrogen) atoms. The van der Waals surface area contributed by atoms with Crippen LogP contribution in [0.3, 0.4) is 0 Å². The van der Waals surface area contributed by atoms with Crippen LogP contribution in [0.25, 0.3) is 10.9 Å². The first-order chi connectivity index (χ1) is 8.33. The van der Waals surface area contributed by atoms with Crippen LogP contribution in [0.15, 0.2) is 36.4 Å². The van der Waals surface area contributed by atoms with Crippen LogP contribution in [0.2, 0.25) is 0 Å². The Labute approximate surface area is 107 Å². The number of rotatable bonds is 5. The SMILES string of the molecule is CCC(CCCl)Nc1ccc2ccccc2n1. The molecule has 0 fully saturated rings. The molecule has 1 aromatic heterocycles. The van der Waals surface area contributed by atoms with E-state index in [4.69, 9.17) is 11.6 Å². The summed E-state index contributed by atoms with van der Waals surface area (Å²) in [5, 5.41) is 4.60. The van der Waals surface area contributed by atoms with Crippen LogP contribution in [0, 0.1) is 0 Å². The van der Waals surface area contributed by atoms with E-state index in [1.54, 1.807) is 0 Å². The smallest absolute Gasteiger partial charge is 0.126 e. The van der Waals surface area contributed by atoms with Crippen molar-refractivity contribution < 1.29 is 0 Å². The summed E-state index contributed by atoms with van der Waals surface area (Å²) >= 11 is 5.78. The third-order valence-electron chi connectivity index (χ3n) is 2.90. The number of alkyl halides is 1. The summed E-state index contributed by atoms with van der Waals surface area (Å²) in [7, 11) is 0. The predicted molar refractivity (Wildman–Crippen MR) is 74.8 cm³/mol. The predicted octanol–water partition coefficient (Wildman–Crippen LogP) is 4.05. The number of hydrogen-bond donors (Lipinski definition) is 1. The van der Waals surface area contributed by atoms with E-state index in [0.29, 0.717) is 11.9 Å². The second kappa shape index (κ2) is 5.87. The van der Waals surface area contributed by atoms with Gasteiger partial charge in [0.05, 0.1) is 5.52 Å². The minimum absolute atomic E-state index is 0.404. The molecule has 0 radical (unpaired) electrons. The van der Waals surface area contributed by atoms with Crippen LogP contribution in [0.5, 0.6) is 0 Å². The first-order valence-corrected chi connectivity index (χ1v) is 6.55. The van der Waals surface area contributed by atoms with Gasteiger partial charge in [-0.15, -0.1) is 11.6 Å². The van der Waals surface area contributed by atoms with Crippen LogP contribution in [0.1, 0.15) is 19.8 Å². The van der Waals surface area contributed by atoms with E-state index < -0.39 is 0 Å². The van der Waals surface area contributed by atoms with Crippen LogP contribution >= 0.6 is 11.6 Å². The van der Waals surface area contributed by atoms with Crippen LogP contribution in [-0.4, -0.2) is 16.9 Å². The standard InChI is InChI=1S/C14H17ClN2/c1-2-12(9-10-15)16-14-8-7-11-5-3-4-6-13(11)17-14/h3-8,12H,2,9-10H2,1H3,(H,16,17). The summed E-state index contributed by atoms with van der Waals surface area (Å²) < 4.78 is 0. The highest BCUT2D eigenvalue weighted by atomic mass is 35.5. The molecule has 90 valence electrons. The average molecular weight is 249 g/mol. The Balaban J connectivity index is 2.18. The second-order valence-corrected chi connectivity index (χ2v) is 4.49. The van der Waals surface area contributed by atoms with Crippen molar-refractivity contribution in [2.24, 2.45) is 0 Å². The summed E-state index contributed by atoms with van der Waals surface area (Å²) in [6.45, 7) is 2.16. The fourth-order valence-corrected chi connectivity index (χ4v) is 2.13. The van der Waals surface area contributed by atoms with E-state index >= 15 is 0 Å². The molecule has 0 aliphatic heterocycles. The minimum atomic E-state index is 0.404. The summed E-state index contributed by atoms with van der Waals surface area (Å²) in [5.74, 6) is 1.61. The first-order valence-electron chi connectivity index (χ1n) is 6.01. The lowest BCUT2D eigenvalue weighted by Crippen LogP contribution is -2.19. The number of fused-ring (bicyclic) bond motifs is 1. The van der Waals surface area contributed by atoms with Crippen molar-refractivity contribution in [3.8, 4) is 0 Å². The lowest BCUT2D eigenvalue weighted by atomic mass is 10.1. The molecule has 1 unspecified atom stereocenters. The van der Waals surface area contributed by atoms with Crippen molar-refractivity contribution in [1.82, 2.24) is 4.98 Å². The maximum atomic E-state index is 5.78. The number of anilines is 1. The van der Waals surface area contributed by atoms with Crippen molar-refractivity contribution in [2.45, 2.75) is 25.8 Å². The van der Waals surface area contributed by atoms with Gasteiger partial charge in [0, 0.05) is 17.3 Å². The van der Waals surface area contributed by atoms with Gasteiger partial charge < -0.3 is 5.32 Å². The summed E-state index contributed by atoms with van der Waals surface area (Å²) in [6, 6.07) is 12.7. The molecule has 0 saturated carbocycles. The molecule has 0 spiro atoms. The van der Waals surface area contributed by atoms with Crippen molar-refractivity contribution in [2.75, 3.05) is 11.2 Å². The Morgan fingerprint density at radius 3 is 2.82 bits per heavy atom. The highest BCUT2D eigenvalue weighted by molar-refractivity contribution is 6.17. The van der Waals surface area contributed by atoms with E-state index in [0.717, 1.165) is 24.2 Å². The number of aromatic nitrogens is 1. The van der Waals surface area contributed by atoms with Crippen molar-refractivity contribution in [3.05, 3.63) is 36.4 Å². The molecule has 0 aliphatic rings. The number of hydrogen-bond acceptors (Lipinski definition) is 2. The number of nitrogens with zero attached hydrogens (tertiary/aromatic N) is 1. The zero-order valence-electron chi connectivity index (χ0n) is 9.99. The topological polar surface area (TPSA) is 24.9 Å². The molecule has 0 saturated heterocycles. The normalized spacial score (nSPS) is 12.6. The molecular formula is C14H17ClN2. The Morgan fingerprint density at radius 2 is 2.06 bits per heavy atom. The lowest BCUT2D eigenvalue weighted by Gasteiger charge is -2.16. The van der Waals surface area contributed by atoms with Gasteiger partial charge in [0.2, 0.25) is 0 Å². The first kappa shape index (κ1) is 12.2. The number of para-hydroxylation sites is 1. The van der Waals surface area contributed by atoms with Gasteiger partial charge in [-0.1, -0.05) is 25.1 Å². The van der Waals surface area contributed by atoms with Crippen molar-refractivity contribution >= 4 is 28.3 Å². The molecule has 0 bridgehead atoms. The number of pyridine rings is 1. The number of halogens is 1. The third-order valence-corrected chi connectivity index (χ3v) is 3.12. The van der Waals surface area contributed by atoms with E-state index in [-0.39, 0.29) is 0 Å². The minimum Gasteiger partial charge on any atom is -0.367 e. The van der Waals surface area contributed by atoms with Crippen molar-refractivity contribution in [3.63, 3.8) is 0 Å². The van der Waals surface area contributed by atoms with E-state index in [1.807, 2.05) is 24.3 Å². The summed E-state index contributed by atoms with van der Waals surface area (Å²) in [6.07, 6.45) is 2.02. The number of nitrogens with one attached hydrogen (secondary N) is 1. The van der Waals surface area contributed by atoms with Crippen LogP contribution in [0.4, 0.5) is 5.82 Å². The van der Waals surface area contributed by atoms with E-state index in [1.165, 1.54) is 5.39 Å². The monoisotopic (exact) mass is 248 g/mol. The Hall–Kier alpha value is -1.28. The second-order valence-electron chi connectivity index (χ2n) is 4.12. The molecule has 3 heteroatoms. The molecular weight excluding hydrogens is 232 g/mol. The van der Waals surface area contributed by atoms with Gasteiger partial charge in [-0.3, -0.25) is 0 Å². The maximum absolute atomic E-state index is 5.78. The van der Waals surface area contributed by atoms with Gasteiger partial charge in [-0.2, -0.15) is 0 Å². The highest BCUT2D eigenvalue weighted by Gasteiger charge is 2.06. The van der Waals surface area contributed by atoms with Gasteiger partial charge in [0.15, 0.2) is 0 Å². The van der Waals surface area contributed by atoms with Gasteiger partial charge in [0.25, 0.3) is 0 Å². The molecule has 1 aromatic carbocycles. The Bertz CT molecular complexity index is 484. The molecule has 2 aromatic rings. The van der Waals surface area contributed by atoms with Crippen LogP contribution < -0.4 is 5.32 Å². The zero-order chi connectivity index (χ0) is 12.1. The number of benzene rings is 1. The van der Waals surface area contributed by atoms with Gasteiger partial charge >= 0.3 is 0 Å². The van der Waals surface area contributed by atoms with Crippen LogP contribution in [-0.2, 0) is 0 Å². The Kier molecular flexibility index (Phi) is 4.21. The Morgan fingerprint density at radius 1 is 1.24 bits per heavy atom. The molecule has 1 N–H and O–H groups in total. The fourth-order valence-electron chi connectivity index (χ4n) is 1.87. The van der Waals surface area contributed by atoms with E-state index in [2.05, 4.69) is 29.4 Å².